The number of aromatic nitrogens is 3. The van der Waals surface area contributed by atoms with Gasteiger partial charge in [0.05, 0.1) is 12.1 Å². The Kier molecular flexibility index (Phi) is 6.90. The lowest BCUT2D eigenvalue weighted by atomic mass is 10.1. The van der Waals surface area contributed by atoms with Crippen LogP contribution < -0.4 is 4.90 Å². The number of rotatable bonds is 7. The minimum absolute atomic E-state index is 0.0788. The number of hydrogen-bond acceptors (Lipinski definition) is 5. The van der Waals surface area contributed by atoms with Crippen molar-refractivity contribution in [1.29, 1.82) is 0 Å². The maximum Gasteiger partial charge on any atom is 0.255 e. The van der Waals surface area contributed by atoms with Crippen LogP contribution in [-0.4, -0.2) is 69.0 Å². The van der Waals surface area contributed by atoms with Crippen LogP contribution in [0.25, 0.3) is 0 Å². The lowest BCUT2D eigenvalue weighted by Gasteiger charge is -2.43. The molecule has 1 saturated heterocycles. The fourth-order valence-corrected chi connectivity index (χ4v) is 4.09. The third-order valence-electron chi connectivity index (χ3n) is 5.86. The van der Waals surface area contributed by atoms with Crippen LogP contribution in [0.4, 0.5) is 5.82 Å². The number of nitrogens with zero attached hydrogens (tertiary/aromatic N) is 6. The molecule has 1 aliphatic heterocycles. The molecule has 2 aromatic heterocycles. The van der Waals surface area contributed by atoms with Crippen LogP contribution in [0.3, 0.4) is 0 Å². The van der Waals surface area contributed by atoms with Crippen LogP contribution in [0.2, 0.25) is 0 Å². The van der Waals surface area contributed by atoms with Gasteiger partial charge in [-0.25, -0.2) is 9.97 Å². The Morgan fingerprint density at radius 2 is 2.03 bits per heavy atom. The fraction of sp³-hybridized carbons (Fsp3) is 0.591. The van der Waals surface area contributed by atoms with Crippen LogP contribution in [0, 0.1) is 0 Å². The van der Waals surface area contributed by atoms with Crippen molar-refractivity contribution < 1.29 is 4.79 Å². The summed E-state index contributed by atoms with van der Waals surface area (Å²) in [5.41, 5.74) is 0.657. The van der Waals surface area contributed by atoms with Crippen LogP contribution in [0.1, 0.15) is 50.3 Å². The van der Waals surface area contributed by atoms with Gasteiger partial charge in [-0.3, -0.25) is 9.69 Å². The standard InChI is InChI=1S/C22H34N6O/c1-6-19-15-27(12-13-28(19)17(3)4)22(29)18-8-9-20(24-14-18)25(5)16-21-23-10-11-26(21)7-2/h8-11,14,17,19H,6-7,12-13,15-16H2,1-5H3/t19-/m0/s1. The van der Waals surface area contributed by atoms with Gasteiger partial charge >= 0.3 is 0 Å². The van der Waals surface area contributed by atoms with Crippen molar-refractivity contribution in [2.45, 2.75) is 59.3 Å². The monoisotopic (exact) mass is 398 g/mol. The first kappa shape index (κ1) is 21.3. The minimum Gasteiger partial charge on any atom is -0.352 e. The molecule has 7 nitrogen and oxygen atoms in total. The van der Waals surface area contributed by atoms with Crippen LogP contribution in [-0.2, 0) is 13.1 Å². The summed E-state index contributed by atoms with van der Waals surface area (Å²) in [6, 6.07) is 4.75. The van der Waals surface area contributed by atoms with Crippen molar-refractivity contribution in [1.82, 2.24) is 24.3 Å². The van der Waals surface area contributed by atoms with Crippen molar-refractivity contribution in [2.75, 3.05) is 31.6 Å². The van der Waals surface area contributed by atoms with E-state index in [9.17, 15) is 4.79 Å². The summed E-state index contributed by atoms with van der Waals surface area (Å²) >= 11 is 0. The summed E-state index contributed by atoms with van der Waals surface area (Å²) in [5.74, 6) is 1.92. The normalized spacial score (nSPS) is 17.7. The number of imidazole rings is 1. The van der Waals surface area contributed by atoms with Crippen molar-refractivity contribution >= 4 is 11.7 Å². The predicted molar refractivity (Wildman–Crippen MR) is 116 cm³/mol. The van der Waals surface area contributed by atoms with Gasteiger partial charge in [0.1, 0.15) is 11.6 Å². The van der Waals surface area contributed by atoms with E-state index in [4.69, 9.17) is 0 Å². The van der Waals surface area contributed by atoms with E-state index in [2.05, 4.69) is 52.0 Å². The van der Waals surface area contributed by atoms with Gasteiger partial charge in [0.2, 0.25) is 0 Å². The van der Waals surface area contributed by atoms with Crippen molar-refractivity contribution in [3.05, 3.63) is 42.1 Å². The highest BCUT2D eigenvalue weighted by Gasteiger charge is 2.30. The molecule has 3 rings (SSSR count). The largest absolute Gasteiger partial charge is 0.352 e. The summed E-state index contributed by atoms with van der Waals surface area (Å²) < 4.78 is 2.12. The number of piperazine rings is 1. The predicted octanol–water partition coefficient (Wildman–Crippen LogP) is 2.88. The molecule has 1 atom stereocenters. The zero-order valence-corrected chi connectivity index (χ0v) is 18.4. The highest BCUT2D eigenvalue weighted by Crippen LogP contribution is 2.19. The maximum absolute atomic E-state index is 13.0. The first-order valence-electron chi connectivity index (χ1n) is 10.7. The molecule has 2 aromatic rings. The quantitative estimate of drug-likeness (QED) is 0.718. The molecule has 1 aliphatic rings. The molecule has 0 unspecified atom stereocenters. The van der Waals surface area contributed by atoms with Gasteiger partial charge in [-0.15, -0.1) is 0 Å². The lowest BCUT2D eigenvalue weighted by molar-refractivity contribution is 0.0371. The molecule has 0 N–H and O–H groups in total. The first-order valence-corrected chi connectivity index (χ1v) is 10.7. The van der Waals surface area contributed by atoms with E-state index in [0.717, 1.165) is 44.2 Å². The summed E-state index contributed by atoms with van der Waals surface area (Å²) in [6.45, 7) is 12.8. The lowest BCUT2D eigenvalue weighted by Crippen LogP contribution is -2.56. The van der Waals surface area contributed by atoms with Gasteiger partial charge in [0.25, 0.3) is 5.91 Å². The second-order valence-electron chi connectivity index (χ2n) is 8.04. The second kappa shape index (κ2) is 9.39. The minimum atomic E-state index is 0.0788. The highest BCUT2D eigenvalue weighted by atomic mass is 16.2. The number of carbonyl (C=O) groups excluding carboxylic acids is 1. The molecule has 0 aliphatic carbocycles. The van der Waals surface area contributed by atoms with Crippen LogP contribution in [0.15, 0.2) is 30.7 Å². The van der Waals surface area contributed by atoms with Crippen LogP contribution >= 0.6 is 0 Å². The van der Waals surface area contributed by atoms with E-state index in [0.29, 0.717) is 24.2 Å². The van der Waals surface area contributed by atoms with E-state index in [-0.39, 0.29) is 5.91 Å². The zero-order valence-electron chi connectivity index (χ0n) is 18.4. The number of amides is 1. The Labute approximate surface area is 174 Å². The number of aryl methyl sites for hydroxylation is 1. The van der Waals surface area contributed by atoms with Crippen molar-refractivity contribution in [2.24, 2.45) is 0 Å². The van der Waals surface area contributed by atoms with Crippen molar-refractivity contribution in [3.63, 3.8) is 0 Å². The highest BCUT2D eigenvalue weighted by molar-refractivity contribution is 5.94. The average molecular weight is 399 g/mol. The van der Waals surface area contributed by atoms with Gasteiger partial charge in [0, 0.05) is 63.9 Å². The molecule has 158 valence electrons. The molecule has 0 spiro atoms. The Morgan fingerprint density at radius 3 is 2.66 bits per heavy atom. The van der Waals surface area contributed by atoms with Gasteiger partial charge in [-0.2, -0.15) is 0 Å². The van der Waals surface area contributed by atoms with Crippen molar-refractivity contribution in [3.8, 4) is 0 Å². The summed E-state index contributed by atoms with van der Waals surface area (Å²) in [7, 11) is 2.00. The molecule has 0 saturated carbocycles. The topological polar surface area (TPSA) is 57.5 Å². The third-order valence-corrected chi connectivity index (χ3v) is 5.86. The van der Waals surface area contributed by atoms with E-state index >= 15 is 0 Å². The van der Waals surface area contributed by atoms with E-state index < -0.39 is 0 Å². The number of anilines is 1. The Bertz CT molecular complexity index is 800. The second-order valence-corrected chi connectivity index (χ2v) is 8.04. The molecule has 0 bridgehead atoms. The molecule has 7 heteroatoms. The third kappa shape index (κ3) is 4.78. The fourth-order valence-electron chi connectivity index (χ4n) is 4.09. The number of hydrogen-bond donors (Lipinski definition) is 0. The molecular formula is C22H34N6O. The Morgan fingerprint density at radius 1 is 1.24 bits per heavy atom. The van der Waals surface area contributed by atoms with Gasteiger partial charge in [0.15, 0.2) is 0 Å². The van der Waals surface area contributed by atoms with E-state index in [1.807, 2.05) is 36.5 Å². The zero-order chi connectivity index (χ0) is 21.0. The molecule has 1 amide bonds. The molecular weight excluding hydrogens is 364 g/mol. The molecule has 3 heterocycles. The average Bonchev–Trinajstić information content (AvgIpc) is 3.19. The van der Waals surface area contributed by atoms with Gasteiger partial charge in [-0.05, 0) is 39.3 Å². The number of pyridine rings is 1. The van der Waals surface area contributed by atoms with E-state index in [1.165, 1.54) is 0 Å². The smallest absolute Gasteiger partial charge is 0.255 e. The van der Waals surface area contributed by atoms with Gasteiger partial charge < -0.3 is 14.4 Å². The SMILES string of the molecule is CC[C@H]1CN(C(=O)c2ccc(N(C)Cc3nccn3CC)nc2)CCN1C(C)C. The molecule has 0 radical (unpaired) electrons. The number of carbonyl (C=O) groups is 1. The molecule has 0 aromatic carbocycles. The summed E-state index contributed by atoms with van der Waals surface area (Å²) in [6.07, 6.45) is 6.57. The molecule has 29 heavy (non-hydrogen) atoms. The van der Waals surface area contributed by atoms with E-state index in [1.54, 1.807) is 6.20 Å². The summed E-state index contributed by atoms with van der Waals surface area (Å²) in [5, 5.41) is 0. The molecule has 1 fully saturated rings. The first-order chi connectivity index (χ1) is 13.9. The Balaban J connectivity index is 1.64. The maximum atomic E-state index is 13.0. The van der Waals surface area contributed by atoms with Gasteiger partial charge in [-0.1, -0.05) is 6.92 Å². The summed E-state index contributed by atoms with van der Waals surface area (Å²) in [4.78, 5) is 28.5. The Hall–Kier alpha value is -2.41. The van der Waals surface area contributed by atoms with Crippen LogP contribution in [0.5, 0.6) is 0 Å².